The summed E-state index contributed by atoms with van der Waals surface area (Å²) in [7, 11) is 0. The van der Waals surface area contributed by atoms with Crippen LogP contribution in [0.15, 0.2) is 18.2 Å². The van der Waals surface area contributed by atoms with Crippen molar-refractivity contribution >= 4 is 23.2 Å². The van der Waals surface area contributed by atoms with Crippen molar-refractivity contribution < 1.29 is 0 Å². The molecule has 0 saturated carbocycles. The Balaban J connectivity index is 2.08. The van der Waals surface area contributed by atoms with Gasteiger partial charge in [-0.2, -0.15) is 0 Å². The number of nitrogens with one attached hydrogen (secondary N) is 1. The van der Waals surface area contributed by atoms with Crippen molar-refractivity contribution in [1.82, 2.24) is 10.2 Å². The molecule has 1 aromatic rings. The standard InChI is InChI=1S/C15H22Cl2N2/c1-3-13-10-19(11(2)6-7-18-13)9-12-4-5-14(16)15(17)8-12/h4-5,8,11,13,18H,3,6-7,9-10H2,1-2H3. The maximum atomic E-state index is 6.09. The maximum Gasteiger partial charge on any atom is 0.0595 e. The van der Waals surface area contributed by atoms with Crippen LogP contribution in [0, 0.1) is 0 Å². The molecule has 1 heterocycles. The van der Waals surface area contributed by atoms with Crippen LogP contribution in [0.3, 0.4) is 0 Å². The summed E-state index contributed by atoms with van der Waals surface area (Å²) in [4.78, 5) is 2.54. The predicted molar refractivity (Wildman–Crippen MR) is 83.0 cm³/mol. The number of benzene rings is 1. The van der Waals surface area contributed by atoms with E-state index in [-0.39, 0.29) is 0 Å². The molecule has 0 aromatic heterocycles. The average Bonchev–Trinajstić information content (AvgIpc) is 2.56. The Bertz CT molecular complexity index is 423. The summed E-state index contributed by atoms with van der Waals surface area (Å²) in [5.41, 5.74) is 1.23. The van der Waals surface area contributed by atoms with Gasteiger partial charge in [-0.3, -0.25) is 4.90 Å². The van der Waals surface area contributed by atoms with Crippen molar-refractivity contribution in [2.24, 2.45) is 0 Å². The third-order valence-corrected chi connectivity index (χ3v) is 4.67. The van der Waals surface area contributed by atoms with Crippen LogP contribution in [0.25, 0.3) is 0 Å². The molecule has 1 N–H and O–H groups in total. The summed E-state index contributed by atoms with van der Waals surface area (Å²) in [6.07, 6.45) is 2.36. The van der Waals surface area contributed by atoms with Gasteiger partial charge in [0.25, 0.3) is 0 Å². The lowest BCUT2D eigenvalue weighted by Gasteiger charge is -2.29. The van der Waals surface area contributed by atoms with Crippen molar-refractivity contribution in [3.05, 3.63) is 33.8 Å². The molecule has 2 nitrogen and oxygen atoms in total. The molecule has 4 heteroatoms. The van der Waals surface area contributed by atoms with E-state index >= 15 is 0 Å². The van der Waals surface area contributed by atoms with E-state index in [1.807, 2.05) is 12.1 Å². The summed E-state index contributed by atoms with van der Waals surface area (Å²) in [6, 6.07) is 7.12. The highest BCUT2D eigenvalue weighted by Crippen LogP contribution is 2.24. The molecule has 2 unspecified atom stereocenters. The number of nitrogens with zero attached hydrogens (tertiary/aromatic N) is 1. The van der Waals surface area contributed by atoms with Gasteiger partial charge in [-0.05, 0) is 44.0 Å². The van der Waals surface area contributed by atoms with E-state index in [9.17, 15) is 0 Å². The zero-order chi connectivity index (χ0) is 13.8. The van der Waals surface area contributed by atoms with Gasteiger partial charge in [0.05, 0.1) is 10.0 Å². The van der Waals surface area contributed by atoms with Gasteiger partial charge in [-0.1, -0.05) is 36.2 Å². The molecule has 0 bridgehead atoms. The lowest BCUT2D eigenvalue weighted by molar-refractivity contribution is 0.194. The molecular weight excluding hydrogens is 279 g/mol. The van der Waals surface area contributed by atoms with Gasteiger partial charge in [0, 0.05) is 25.2 Å². The second-order valence-electron chi connectivity index (χ2n) is 5.37. The molecule has 2 rings (SSSR count). The molecule has 2 atom stereocenters. The summed E-state index contributed by atoms with van der Waals surface area (Å²) in [6.45, 7) is 7.69. The summed E-state index contributed by atoms with van der Waals surface area (Å²) in [5, 5.41) is 4.88. The van der Waals surface area contributed by atoms with Crippen LogP contribution < -0.4 is 5.32 Å². The number of rotatable bonds is 3. The minimum absolute atomic E-state index is 0.590. The Morgan fingerprint density at radius 2 is 2.11 bits per heavy atom. The quantitative estimate of drug-likeness (QED) is 0.909. The van der Waals surface area contributed by atoms with Gasteiger partial charge in [0.1, 0.15) is 0 Å². The van der Waals surface area contributed by atoms with Crippen molar-refractivity contribution in [3.8, 4) is 0 Å². The lowest BCUT2D eigenvalue weighted by atomic mass is 10.1. The molecule has 0 radical (unpaired) electrons. The third-order valence-electron chi connectivity index (χ3n) is 3.94. The number of halogens is 2. The average molecular weight is 301 g/mol. The fourth-order valence-corrected chi connectivity index (χ4v) is 2.89. The van der Waals surface area contributed by atoms with Crippen LogP contribution in [0.1, 0.15) is 32.3 Å². The fourth-order valence-electron chi connectivity index (χ4n) is 2.57. The van der Waals surface area contributed by atoms with Crippen LogP contribution in [0.5, 0.6) is 0 Å². The van der Waals surface area contributed by atoms with Crippen molar-refractivity contribution in [2.45, 2.75) is 45.3 Å². The van der Waals surface area contributed by atoms with E-state index in [1.165, 1.54) is 18.4 Å². The van der Waals surface area contributed by atoms with E-state index < -0.39 is 0 Å². The Hall–Kier alpha value is -0.280. The first kappa shape index (κ1) is 15.1. The molecule has 1 fully saturated rings. The molecule has 19 heavy (non-hydrogen) atoms. The van der Waals surface area contributed by atoms with Gasteiger partial charge in [-0.15, -0.1) is 0 Å². The highest BCUT2D eigenvalue weighted by molar-refractivity contribution is 6.42. The lowest BCUT2D eigenvalue weighted by Crippen LogP contribution is -2.39. The summed E-state index contributed by atoms with van der Waals surface area (Å²) < 4.78 is 0. The molecule has 1 aliphatic rings. The first-order chi connectivity index (χ1) is 9.10. The topological polar surface area (TPSA) is 15.3 Å². The van der Waals surface area contributed by atoms with Gasteiger partial charge in [-0.25, -0.2) is 0 Å². The zero-order valence-corrected chi connectivity index (χ0v) is 13.1. The predicted octanol–water partition coefficient (Wildman–Crippen LogP) is 3.96. The maximum absolute atomic E-state index is 6.09. The minimum Gasteiger partial charge on any atom is -0.313 e. The normalized spacial score (nSPS) is 25.3. The van der Waals surface area contributed by atoms with Gasteiger partial charge in [0.15, 0.2) is 0 Å². The number of hydrogen-bond acceptors (Lipinski definition) is 2. The van der Waals surface area contributed by atoms with Crippen LogP contribution in [-0.4, -0.2) is 30.1 Å². The zero-order valence-electron chi connectivity index (χ0n) is 11.6. The van der Waals surface area contributed by atoms with E-state index in [2.05, 4.69) is 30.1 Å². The highest BCUT2D eigenvalue weighted by Gasteiger charge is 2.21. The first-order valence-corrected chi connectivity index (χ1v) is 7.77. The smallest absolute Gasteiger partial charge is 0.0595 e. The van der Waals surface area contributed by atoms with Crippen molar-refractivity contribution in [2.75, 3.05) is 13.1 Å². The summed E-state index contributed by atoms with van der Waals surface area (Å²) in [5.74, 6) is 0. The van der Waals surface area contributed by atoms with Gasteiger partial charge < -0.3 is 5.32 Å². The van der Waals surface area contributed by atoms with Crippen LogP contribution in [0.4, 0.5) is 0 Å². The van der Waals surface area contributed by atoms with Crippen LogP contribution in [0.2, 0.25) is 10.0 Å². The fraction of sp³-hybridized carbons (Fsp3) is 0.600. The Morgan fingerprint density at radius 3 is 2.79 bits per heavy atom. The van der Waals surface area contributed by atoms with Crippen molar-refractivity contribution in [3.63, 3.8) is 0 Å². The number of hydrogen-bond donors (Lipinski definition) is 1. The second kappa shape index (κ2) is 6.94. The molecular formula is C15H22Cl2N2. The second-order valence-corrected chi connectivity index (χ2v) is 6.19. The Labute approximate surface area is 126 Å². The van der Waals surface area contributed by atoms with E-state index in [0.717, 1.165) is 19.6 Å². The van der Waals surface area contributed by atoms with E-state index in [1.54, 1.807) is 0 Å². The summed E-state index contributed by atoms with van der Waals surface area (Å²) >= 11 is 12.1. The molecule has 1 saturated heterocycles. The monoisotopic (exact) mass is 300 g/mol. The molecule has 1 aromatic carbocycles. The SMILES string of the molecule is CCC1CN(Cc2ccc(Cl)c(Cl)c2)C(C)CCN1. The first-order valence-electron chi connectivity index (χ1n) is 7.01. The van der Waals surface area contributed by atoms with E-state index in [0.29, 0.717) is 22.1 Å². The highest BCUT2D eigenvalue weighted by atomic mass is 35.5. The van der Waals surface area contributed by atoms with Crippen LogP contribution >= 0.6 is 23.2 Å². The third kappa shape index (κ3) is 4.09. The van der Waals surface area contributed by atoms with Gasteiger partial charge >= 0.3 is 0 Å². The largest absolute Gasteiger partial charge is 0.313 e. The molecule has 1 aliphatic heterocycles. The molecule has 0 amide bonds. The van der Waals surface area contributed by atoms with Gasteiger partial charge in [0.2, 0.25) is 0 Å². The minimum atomic E-state index is 0.590. The molecule has 0 spiro atoms. The van der Waals surface area contributed by atoms with Crippen molar-refractivity contribution in [1.29, 1.82) is 0 Å². The molecule has 106 valence electrons. The molecule has 0 aliphatic carbocycles. The van der Waals surface area contributed by atoms with E-state index in [4.69, 9.17) is 23.2 Å². The Morgan fingerprint density at radius 1 is 1.32 bits per heavy atom. The Kier molecular flexibility index (Phi) is 5.52. The van der Waals surface area contributed by atoms with Crippen LogP contribution in [-0.2, 0) is 6.54 Å².